The molecule has 4 atom stereocenters. The summed E-state index contributed by atoms with van der Waals surface area (Å²) in [5, 5.41) is 1.77. The fourth-order valence-electron chi connectivity index (χ4n) is 7.39. The number of hydrogen-bond donors (Lipinski definition) is 0. The SMILES string of the molecule is CC(C)c1cc(C(C)C)c2c(c1)C(C)C1CCCCC1P(C1CCCCC1)c1ccccc1-2. The van der Waals surface area contributed by atoms with Gasteiger partial charge in [0.15, 0.2) is 0 Å². The molecule has 1 heteroatoms. The van der Waals surface area contributed by atoms with Gasteiger partial charge in [0.2, 0.25) is 0 Å². The molecule has 0 amide bonds. The van der Waals surface area contributed by atoms with E-state index < -0.39 is 0 Å². The molecule has 178 valence electrons. The Kier molecular flexibility index (Phi) is 7.05. The highest BCUT2D eigenvalue weighted by Gasteiger charge is 2.43. The van der Waals surface area contributed by atoms with Crippen LogP contribution in [0, 0.1) is 5.92 Å². The van der Waals surface area contributed by atoms with E-state index in [9.17, 15) is 0 Å². The molecular weight excluding hydrogens is 415 g/mol. The highest BCUT2D eigenvalue weighted by atomic mass is 31.1. The normalized spacial score (nSPS) is 28.1. The molecule has 0 radical (unpaired) electrons. The van der Waals surface area contributed by atoms with Crippen LogP contribution < -0.4 is 5.30 Å². The molecule has 2 aromatic carbocycles. The smallest absolute Gasteiger partial charge is 0.0101 e. The van der Waals surface area contributed by atoms with Gasteiger partial charge in [0.05, 0.1) is 0 Å². The second kappa shape index (κ2) is 9.85. The number of benzene rings is 2. The first kappa shape index (κ1) is 23.6. The van der Waals surface area contributed by atoms with E-state index in [2.05, 4.69) is 71.0 Å². The van der Waals surface area contributed by atoms with Gasteiger partial charge in [-0.2, -0.15) is 0 Å². The second-order valence-corrected chi connectivity index (χ2v) is 14.6. The molecule has 2 aromatic rings. The maximum atomic E-state index is 2.63. The van der Waals surface area contributed by atoms with Crippen molar-refractivity contribution in [2.45, 2.75) is 121 Å². The first-order valence-electron chi connectivity index (χ1n) is 14.0. The van der Waals surface area contributed by atoms with Crippen LogP contribution in [0.25, 0.3) is 11.1 Å². The van der Waals surface area contributed by atoms with Crippen LogP contribution in [0.5, 0.6) is 0 Å². The molecule has 3 aliphatic rings. The molecule has 0 bridgehead atoms. The summed E-state index contributed by atoms with van der Waals surface area (Å²) in [5.41, 5.74) is 9.93. The topological polar surface area (TPSA) is 0 Å². The summed E-state index contributed by atoms with van der Waals surface area (Å²) in [6.45, 7) is 12.2. The summed E-state index contributed by atoms with van der Waals surface area (Å²) in [7, 11) is -0.110. The molecule has 0 spiro atoms. The molecule has 0 saturated heterocycles. The number of fused-ring (bicyclic) bond motifs is 4. The minimum atomic E-state index is -0.110. The van der Waals surface area contributed by atoms with Crippen molar-refractivity contribution in [3.05, 3.63) is 53.1 Å². The van der Waals surface area contributed by atoms with E-state index >= 15 is 0 Å². The second-order valence-electron chi connectivity index (χ2n) is 11.9. The largest absolute Gasteiger partial charge is 0.0680 e. The Bertz CT molecular complexity index is 964. The minimum Gasteiger partial charge on any atom is -0.0680 e. The van der Waals surface area contributed by atoms with Crippen molar-refractivity contribution in [2.24, 2.45) is 5.92 Å². The van der Waals surface area contributed by atoms with Crippen molar-refractivity contribution in [1.82, 2.24) is 0 Å². The third-order valence-corrected chi connectivity index (χ3v) is 12.8. The lowest BCUT2D eigenvalue weighted by atomic mass is 9.73. The quantitative estimate of drug-likeness (QED) is 0.400. The molecule has 0 nitrogen and oxygen atoms in total. The molecule has 2 fully saturated rings. The van der Waals surface area contributed by atoms with Gasteiger partial charge >= 0.3 is 0 Å². The number of rotatable bonds is 3. The van der Waals surface area contributed by atoms with Crippen LogP contribution in [-0.4, -0.2) is 11.3 Å². The van der Waals surface area contributed by atoms with Crippen LogP contribution in [-0.2, 0) is 0 Å². The predicted molar refractivity (Wildman–Crippen MR) is 148 cm³/mol. The van der Waals surface area contributed by atoms with E-state index in [0.717, 1.165) is 17.2 Å². The predicted octanol–water partition coefficient (Wildman–Crippen LogP) is 9.72. The third-order valence-electron chi connectivity index (χ3n) is 9.20. The van der Waals surface area contributed by atoms with E-state index in [4.69, 9.17) is 0 Å². The van der Waals surface area contributed by atoms with Crippen molar-refractivity contribution in [3.8, 4) is 11.1 Å². The zero-order valence-electron chi connectivity index (χ0n) is 21.7. The van der Waals surface area contributed by atoms with Crippen molar-refractivity contribution in [1.29, 1.82) is 0 Å². The lowest BCUT2D eigenvalue weighted by Crippen LogP contribution is -2.36. The molecule has 0 aromatic heterocycles. The molecular formula is C32H45P. The summed E-state index contributed by atoms with van der Waals surface area (Å²) in [6.07, 6.45) is 13.2. The van der Waals surface area contributed by atoms with Gasteiger partial charge in [-0.1, -0.05) is 111 Å². The molecule has 1 aliphatic heterocycles. The zero-order chi connectivity index (χ0) is 23.1. The van der Waals surface area contributed by atoms with Gasteiger partial charge < -0.3 is 0 Å². The van der Waals surface area contributed by atoms with Crippen LogP contribution in [0.2, 0.25) is 0 Å². The Morgan fingerprint density at radius 3 is 2.21 bits per heavy atom. The average molecular weight is 461 g/mol. The molecule has 2 saturated carbocycles. The minimum absolute atomic E-state index is 0.110. The average Bonchev–Trinajstić information content (AvgIpc) is 2.83. The zero-order valence-corrected chi connectivity index (χ0v) is 22.6. The first-order valence-corrected chi connectivity index (χ1v) is 15.5. The highest BCUT2D eigenvalue weighted by molar-refractivity contribution is 7.67. The molecule has 0 N–H and O–H groups in total. The van der Waals surface area contributed by atoms with E-state index in [1.54, 1.807) is 33.1 Å². The lowest BCUT2D eigenvalue weighted by Gasteiger charge is -2.47. The van der Waals surface area contributed by atoms with Crippen molar-refractivity contribution in [2.75, 3.05) is 0 Å². The van der Waals surface area contributed by atoms with Crippen LogP contribution in [0.1, 0.15) is 127 Å². The monoisotopic (exact) mass is 460 g/mol. The van der Waals surface area contributed by atoms with Gasteiger partial charge in [0.1, 0.15) is 0 Å². The van der Waals surface area contributed by atoms with Crippen LogP contribution in [0.4, 0.5) is 0 Å². The molecule has 4 unspecified atom stereocenters. The van der Waals surface area contributed by atoms with Gasteiger partial charge in [-0.05, 0) is 93.8 Å². The Hall–Kier alpha value is -1.13. The maximum Gasteiger partial charge on any atom is -0.0101 e. The van der Waals surface area contributed by atoms with E-state index in [0.29, 0.717) is 17.8 Å². The van der Waals surface area contributed by atoms with Crippen LogP contribution in [0.3, 0.4) is 0 Å². The van der Waals surface area contributed by atoms with E-state index in [1.165, 1.54) is 57.8 Å². The van der Waals surface area contributed by atoms with Crippen LogP contribution in [0.15, 0.2) is 36.4 Å². The molecule has 5 rings (SSSR count). The fourth-order valence-corrected chi connectivity index (χ4v) is 11.6. The summed E-state index contributed by atoms with van der Waals surface area (Å²) >= 11 is 0. The standard InChI is InChI=1S/C32H45P/c1-21(2)24-19-28(22(3)4)32-27-16-10-12-18-31(27)33(25-13-7-6-8-14-25)30-17-11-9-15-26(30)23(5)29(32)20-24/h10,12,16,18-23,25-26,30H,6-9,11,13-15,17H2,1-5H3. The van der Waals surface area contributed by atoms with E-state index in [1.807, 2.05) is 0 Å². The van der Waals surface area contributed by atoms with Gasteiger partial charge in [0, 0.05) is 0 Å². The van der Waals surface area contributed by atoms with Crippen molar-refractivity contribution in [3.63, 3.8) is 0 Å². The Balaban J connectivity index is 1.79. The van der Waals surface area contributed by atoms with Gasteiger partial charge in [-0.25, -0.2) is 0 Å². The maximum absolute atomic E-state index is 2.63. The third kappa shape index (κ3) is 4.35. The van der Waals surface area contributed by atoms with Crippen molar-refractivity contribution >= 4 is 13.2 Å². The molecule has 1 heterocycles. The summed E-state index contributed by atoms with van der Waals surface area (Å²) in [5.74, 6) is 2.67. The first-order chi connectivity index (χ1) is 16.0. The fraction of sp³-hybridized carbons (Fsp3) is 0.625. The van der Waals surface area contributed by atoms with Gasteiger partial charge in [0.25, 0.3) is 0 Å². The number of hydrogen-bond acceptors (Lipinski definition) is 0. The Morgan fingerprint density at radius 1 is 0.788 bits per heavy atom. The highest BCUT2D eigenvalue weighted by Crippen LogP contribution is 2.61. The van der Waals surface area contributed by atoms with Crippen LogP contribution >= 0.6 is 7.92 Å². The Labute approximate surface area is 204 Å². The van der Waals surface area contributed by atoms with Gasteiger partial charge in [-0.3, -0.25) is 0 Å². The van der Waals surface area contributed by atoms with Crippen molar-refractivity contribution < 1.29 is 0 Å². The molecule has 2 aliphatic carbocycles. The van der Waals surface area contributed by atoms with E-state index in [-0.39, 0.29) is 7.92 Å². The summed E-state index contributed by atoms with van der Waals surface area (Å²) < 4.78 is 0. The summed E-state index contributed by atoms with van der Waals surface area (Å²) in [4.78, 5) is 0. The Morgan fingerprint density at radius 2 is 1.48 bits per heavy atom. The summed E-state index contributed by atoms with van der Waals surface area (Å²) in [6, 6.07) is 15.0. The van der Waals surface area contributed by atoms with Gasteiger partial charge in [-0.15, -0.1) is 0 Å². The lowest BCUT2D eigenvalue weighted by molar-refractivity contribution is 0.321. The molecule has 33 heavy (non-hydrogen) atoms.